The third-order valence-electron chi connectivity index (χ3n) is 2.26. The molecule has 0 bridgehead atoms. The summed E-state index contributed by atoms with van der Waals surface area (Å²) in [6.45, 7) is 10.9. The molecule has 3 nitrogen and oxygen atoms in total. The summed E-state index contributed by atoms with van der Waals surface area (Å²) in [5, 5.41) is 3.35. The van der Waals surface area contributed by atoms with Crippen LogP contribution in [0.15, 0.2) is 0 Å². The number of rotatable bonds is 12. The molecule has 0 amide bonds. The lowest BCUT2D eigenvalue weighted by Gasteiger charge is -2.08. The lowest BCUT2D eigenvalue weighted by molar-refractivity contribution is 0.0763. The van der Waals surface area contributed by atoms with Gasteiger partial charge in [0.05, 0.1) is 12.7 Å². The van der Waals surface area contributed by atoms with E-state index in [1.807, 2.05) is 0 Å². The van der Waals surface area contributed by atoms with Gasteiger partial charge in [0.1, 0.15) is 0 Å². The Hall–Kier alpha value is -0.120. The van der Waals surface area contributed by atoms with Crippen molar-refractivity contribution in [2.75, 3.05) is 32.9 Å². The van der Waals surface area contributed by atoms with Crippen molar-refractivity contribution < 1.29 is 9.47 Å². The van der Waals surface area contributed by atoms with Gasteiger partial charge in [-0.2, -0.15) is 0 Å². The highest BCUT2D eigenvalue weighted by atomic mass is 16.5. The minimum atomic E-state index is 0.349. The van der Waals surface area contributed by atoms with Gasteiger partial charge in [-0.05, 0) is 33.2 Å². The summed E-state index contributed by atoms with van der Waals surface area (Å²) in [6.07, 6.45) is 5.16. The predicted molar refractivity (Wildman–Crippen MR) is 68.9 cm³/mol. The number of unbranched alkanes of at least 4 members (excludes halogenated alkanes) is 2. The second-order valence-electron chi connectivity index (χ2n) is 4.34. The van der Waals surface area contributed by atoms with Crippen LogP contribution >= 0.6 is 0 Å². The van der Waals surface area contributed by atoms with Crippen molar-refractivity contribution in [3.8, 4) is 0 Å². The maximum Gasteiger partial charge on any atom is 0.0590 e. The van der Waals surface area contributed by atoms with Gasteiger partial charge in [-0.25, -0.2) is 0 Å². The van der Waals surface area contributed by atoms with E-state index >= 15 is 0 Å². The zero-order chi connectivity index (χ0) is 12.1. The second-order valence-corrected chi connectivity index (χ2v) is 4.34. The van der Waals surface area contributed by atoms with Gasteiger partial charge in [0.15, 0.2) is 0 Å². The van der Waals surface area contributed by atoms with Crippen LogP contribution in [0.2, 0.25) is 0 Å². The normalized spacial score (nSPS) is 11.2. The molecule has 0 fully saturated rings. The molecule has 0 radical (unpaired) electrons. The van der Waals surface area contributed by atoms with E-state index in [0.717, 1.165) is 39.3 Å². The van der Waals surface area contributed by atoms with Gasteiger partial charge in [-0.15, -0.1) is 0 Å². The summed E-state index contributed by atoms with van der Waals surface area (Å²) in [5.74, 6) is 0. The van der Waals surface area contributed by atoms with Gasteiger partial charge in [-0.1, -0.05) is 19.8 Å². The zero-order valence-electron chi connectivity index (χ0n) is 11.3. The van der Waals surface area contributed by atoms with Crippen LogP contribution in [0.25, 0.3) is 0 Å². The van der Waals surface area contributed by atoms with E-state index in [1.165, 1.54) is 19.3 Å². The molecule has 0 heterocycles. The lowest BCUT2D eigenvalue weighted by atomic mass is 10.3. The fourth-order valence-electron chi connectivity index (χ4n) is 1.34. The third-order valence-corrected chi connectivity index (χ3v) is 2.26. The molecule has 0 aromatic rings. The van der Waals surface area contributed by atoms with Crippen molar-refractivity contribution in [3.63, 3.8) is 0 Å². The van der Waals surface area contributed by atoms with Crippen molar-refractivity contribution in [1.29, 1.82) is 0 Å². The molecule has 0 unspecified atom stereocenters. The molecule has 98 valence electrons. The van der Waals surface area contributed by atoms with Crippen LogP contribution in [0.5, 0.6) is 0 Å². The summed E-state index contributed by atoms with van der Waals surface area (Å²) in [6, 6.07) is 0. The molecule has 0 atom stereocenters. The monoisotopic (exact) mass is 231 g/mol. The SMILES string of the molecule is CCCCCOCCNCCCOC(C)C. The van der Waals surface area contributed by atoms with Crippen LogP contribution in [0.3, 0.4) is 0 Å². The molecule has 16 heavy (non-hydrogen) atoms. The summed E-state index contributed by atoms with van der Waals surface area (Å²) >= 11 is 0. The van der Waals surface area contributed by atoms with Gasteiger partial charge in [0.2, 0.25) is 0 Å². The van der Waals surface area contributed by atoms with E-state index in [9.17, 15) is 0 Å². The first-order valence-corrected chi connectivity index (χ1v) is 6.67. The average Bonchev–Trinajstić information content (AvgIpc) is 2.25. The van der Waals surface area contributed by atoms with Crippen molar-refractivity contribution in [3.05, 3.63) is 0 Å². The van der Waals surface area contributed by atoms with Crippen LogP contribution in [0, 0.1) is 0 Å². The fourth-order valence-corrected chi connectivity index (χ4v) is 1.34. The first-order valence-electron chi connectivity index (χ1n) is 6.67. The molecule has 0 saturated heterocycles. The Morgan fingerprint density at radius 2 is 1.75 bits per heavy atom. The summed E-state index contributed by atoms with van der Waals surface area (Å²) < 4.78 is 10.9. The minimum absolute atomic E-state index is 0.349. The highest BCUT2D eigenvalue weighted by Crippen LogP contribution is 1.93. The Morgan fingerprint density at radius 3 is 2.44 bits per heavy atom. The van der Waals surface area contributed by atoms with E-state index in [1.54, 1.807) is 0 Å². The molecule has 0 aromatic heterocycles. The van der Waals surface area contributed by atoms with Gasteiger partial charge in [-0.3, -0.25) is 0 Å². The van der Waals surface area contributed by atoms with Gasteiger partial charge < -0.3 is 14.8 Å². The molecular weight excluding hydrogens is 202 g/mol. The van der Waals surface area contributed by atoms with Gasteiger partial charge in [0.25, 0.3) is 0 Å². The Bertz CT molecular complexity index is 129. The quantitative estimate of drug-likeness (QED) is 0.524. The number of ether oxygens (including phenoxy) is 2. The van der Waals surface area contributed by atoms with Crippen molar-refractivity contribution in [2.24, 2.45) is 0 Å². The predicted octanol–water partition coefficient (Wildman–Crippen LogP) is 2.60. The lowest BCUT2D eigenvalue weighted by Crippen LogP contribution is -2.22. The number of hydrogen-bond donors (Lipinski definition) is 1. The Morgan fingerprint density at radius 1 is 0.938 bits per heavy atom. The first kappa shape index (κ1) is 15.9. The van der Waals surface area contributed by atoms with Gasteiger partial charge >= 0.3 is 0 Å². The highest BCUT2D eigenvalue weighted by Gasteiger charge is 1.93. The first-order chi connectivity index (χ1) is 7.77. The molecule has 3 heteroatoms. The van der Waals surface area contributed by atoms with E-state index in [4.69, 9.17) is 9.47 Å². The minimum Gasteiger partial charge on any atom is -0.380 e. The van der Waals surface area contributed by atoms with E-state index in [-0.39, 0.29) is 0 Å². The largest absolute Gasteiger partial charge is 0.380 e. The Labute approximate surface area is 101 Å². The van der Waals surface area contributed by atoms with Crippen molar-refractivity contribution in [2.45, 2.75) is 52.6 Å². The van der Waals surface area contributed by atoms with Gasteiger partial charge in [0, 0.05) is 19.8 Å². The van der Waals surface area contributed by atoms with Crippen LogP contribution < -0.4 is 5.32 Å². The summed E-state index contributed by atoms with van der Waals surface area (Å²) in [4.78, 5) is 0. The maximum atomic E-state index is 5.49. The zero-order valence-corrected chi connectivity index (χ0v) is 11.3. The van der Waals surface area contributed by atoms with Crippen LogP contribution in [0.1, 0.15) is 46.5 Å². The van der Waals surface area contributed by atoms with Crippen LogP contribution in [0.4, 0.5) is 0 Å². The average molecular weight is 231 g/mol. The molecular formula is C13H29NO2. The number of nitrogens with one attached hydrogen (secondary N) is 1. The van der Waals surface area contributed by atoms with Crippen LogP contribution in [-0.2, 0) is 9.47 Å². The fraction of sp³-hybridized carbons (Fsp3) is 1.00. The maximum absolute atomic E-state index is 5.49. The van der Waals surface area contributed by atoms with E-state index < -0.39 is 0 Å². The summed E-state index contributed by atoms with van der Waals surface area (Å²) in [7, 11) is 0. The topological polar surface area (TPSA) is 30.5 Å². The Kier molecular flexibility index (Phi) is 12.9. The van der Waals surface area contributed by atoms with Crippen molar-refractivity contribution in [1.82, 2.24) is 5.32 Å². The molecule has 0 aliphatic rings. The highest BCUT2D eigenvalue weighted by molar-refractivity contribution is 4.47. The molecule has 0 rings (SSSR count). The van der Waals surface area contributed by atoms with Crippen LogP contribution in [-0.4, -0.2) is 39.0 Å². The number of hydrogen-bond acceptors (Lipinski definition) is 3. The second kappa shape index (κ2) is 12.9. The standard InChI is InChI=1S/C13H29NO2/c1-4-5-6-10-15-12-9-14-8-7-11-16-13(2)3/h13-14H,4-12H2,1-3H3. The van der Waals surface area contributed by atoms with E-state index in [0.29, 0.717) is 6.10 Å². The Balaban J connectivity index is 2.88. The molecule has 0 aromatic carbocycles. The molecule has 1 N–H and O–H groups in total. The smallest absolute Gasteiger partial charge is 0.0590 e. The molecule has 0 spiro atoms. The van der Waals surface area contributed by atoms with E-state index in [2.05, 4.69) is 26.1 Å². The summed E-state index contributed by atoms with van der Waals surface area (Å²) in [5.41, 5.74) is 0. The molecule has 0 saturated carbocycles. The van der Waals surface area contributed by atoms with Crippen molar-refractivity contribution >= 4 is 0 Å². The molecule has 0 aliphatic heterocycles. The molecule has 0 aliphatic carbocycles. The third kappa shape index (κ3) is 13.9.